The van der Waals surface area contributed by atoms with Crippen molar-refractivity contribution in [3.05, 3.63) is 34.9 Å². The van der Waals surface area contributed by atoms with E-state index in [1.165, 1.54) is 18.4 Å². The number of piperidine rings is 1. The molecular formula is C19H28ClN3O. The molecule has 2 heterocycles. The number of likely N-dealkylation sites (N-methyl/N-ethyl adjacent to an activating group) is 1. The third-order valence-electron chi connectivity index (χ3n) is 5.31. The van der Waals surface area contributed by atoms with E-state index in [0.717, 1.165) is 57.3 Å². The van der Waals surface area contributed by atoms with Gasteiger partial charge in [0.1, 0.15) is 0 Å². The minimum atomic E-state index is 0.117. The third kappa shape index (κ3) is 4.29. The van der Waals surface area contributed by atoms with Crippen LogP contribution in [0.3, 0.4) is 0 Å². The lowest BCUT2D eigenvalue weighted by Gasteiger charge is -2.40. The van der Waals surface area contributed by atoms with Crippen LogP contribution in [0.1, 0.15) is 31.7 Å². The first kappa shape index (κ1) is 17.7. The predicted molar refractivity (Wildman–Crippen MR) is 98.2 cm³/mol. The quantitative estimate of drug-likeness (QED) is 0.836. The van der Waals surface area contributed by atoms with Crippen molar-refractivity contribution < 1.29 is 4.79 Å². The molecule has 0 saturated carbocycles. The van der Waals surface area contributed by atoms with Crippen LogP contribution in [0.2, 0.25) is 5.02 Å². The van der Waals surface area contributed by atoms with Gasteiger partial charge in [-0.3, -0.25) is 14.6 Å². The number of carbonyl (C=O) groups is 1. The molecule has 0 aromatic heterocycles. The van der Waals surface area contributed by atoms with Crippen LogP contribution in [0, 0.1) is 0 Å². The standard InChI is InChI=1S/C19H28ClN3O/c1-2-22-10-4-3-5-18(22)19(24)23-13-11-21(12-14-23)15-16-6-8-17(20)9-7-16/h6-9,18H,2-5,10-15H2,1H3/t18-/m0/s1. The van der Waals surface area contributed by atoms with Crippen molar-refractivity contribution in [2.75, 3.05) is 39.3 Å². The first-order valence-corrected chi connectivity index (χ1v) is 9.55. The van der Waals surface area contributed by atoms with E-state index in [2.05, 4.69) is 33.8 Å². The molecule has 132 valence electrons. The highest BCUT2D eigenvalue weighted by Crippen LogP contribution is 2.20. The lowest BCUT2D eigenvalue weighted by molar-refractivity contribution is -0.140. The highest BCUT2D eigenvalue weighted by molar-refractivity contribution is 6.30. The largest absolute Gasteiger partial charge is 0.339 e. The third-order valence-corrected chi connectivity index (χ3v) is 5.56. The topological polar surface area (TPSA) is 26.8 Å². The van der Waals surface area contributed by atoms with Gasteiger partial charge in [0.15, 0.2) is 0 Å². The Balaban J connectivity index is 1.50. The van der Waals surface area contributed by atoms with Gasteiger partial charge < -0.3 is 4.90 Å². The van der Waals surface area contributed by atoms with Crippen LogP contribution >= 0.6 is 11.6 Å². The van der Waals surface area contributed by atoms with Crippen molar-refractivity contribution in [1.29, 1.82) is 0 Å². The maximum absolute atomic E-state index is 12.9. The van der Waals surface area contributed by atoms with Gasteiger partial charge in [0.05, 0.1) is 6.04 Å². The molecule has 0 N–H and O–H groups in total. The second-order valence-corrected chi connectivity index (χ2v) is 7.30. The predicted octanol–water partition coefficient (Wildman–Crippen LogP) is 2.86. The maximum Gasteiger partial charge on any atom is 0.240 e. The molecule has 1 aromatic rings. The fourth-order valence-electron chi connectivity index (χ4n) is 3.83. The molecule has 5 heteroatoms. The number of benzene rings is 1. The highest BCUT2D eigenvalue weighted by atomic mass is 35.5. The Hall–Kier alpha value is -1.10. The van der Waals surface area contributed by atoms with Gasteiger partial charge in [0.25, 0.3) is 0 Å². The molecule has 0 radical (unpaired) electrons. The van der Waals surface area contributed by atoms with Crippen molar-refractivity contribution >= 4 is 17.5 Å². The molecule has 24 heavy (non-hydrogen) atoms. The summed E-state index contributed by atoms with van der Waals surface area (Å²) in [7, 11) is 0. The van der Waals surface area contributed by atoms with Gasteiger partial charge in [-0.25, -0.2) is 0 Å². The molecule has 2 aliphatic heterocycles. The van der Waals surface area contributed by atoms with Gasteiger partial charge in [0, 0.05) is 37.7 Å². The van der Waals surface area contributed by atoms with E-state index < -0.39 is 0 Å². The molecule has 3 rings (SSSR count). The van der Waals surface area contributed by atoms with Crippen molar-refractivity contribution in [3.8, 4) is 0 Å². The molecule has 2 fully saturated rings. The maximum atomic E-state index is 12.9. The van der Waals surface area contributed by atoms with Crippen molar-refractivity contribution in [2.24, 2.45) is 0 Å². The van der Waals surface area contributed by atoms with Crippen LogP contribution in [0.5, 0.6) is 0 Å². The summed E-state index contributed by atoms with van der Waals surface area (Å²) in [5.74, 6) is 0.350. The van der Waals surface area contributed by atoms with E-state index in [9.17, 15) is 4.79 Å². The smallest absolute Gasteiger partial charge is 0.240 e. The Morgan fingerprint density at radius 3 is 2.46 bits per heavy atom. The molecule has 2 aliphatic rings. The molecular weight excluding hydrogens is 322 g/mol. The molecule has 1 amide bonds. The summed E-state index contributed by atoms with van der Waals surface area (Å²) < 4.78 is 0. The van der Waals surface area contributed by atoms with Crippen LogP contribution in [0.4, 0.5) is 0 Å². The lowest BCUT2D eigenvalue weighted by atomic mass is 10.0. The number of amides is 1. The van der Waals surface area contributed by atoms with Crippen LogP contribution in [0.25, 0.3) is 0 Å². The van der Waals surface area contributed by atoms with Crippen molar-refractivity contribution in [3.63, 3.8) is 0 Å². The van der Waals surface area contributed by atoms with Crippen LogP contribution < -0.4 is 0 Å². The average molecular weight is 350 g/mol. The number of hydrogen-bond donors (Lipinski definition) is 0. The van der Waals surface area contributed by atoms with Gasteiger partial charge >= 0.3 is 0 Å². The molecule has 1 atom stereocenters. The zero-order valence-electron chi connectivity index (χ0n) is 14.6. The lowest BCUT2D eigenvalue weighted by Crippen LogP contribution is -2.55. The van der Waals surface area contributed by atoms with Crippen molar-refractivity contribution in [2.45, 2.75) is 38.8 Å². The van der Waals surface area contributed by atoms with Crippen molar-refractivity contribution in [1.82, 2.24) is 14.7 Å². The summed E-state index contributed by atoms with van der Waals surface area (Å²) >= 11 is 5.94. The molecule has 2 saturated heterocycles. The minimum Gasteiger partial charge on any atom is -0.339 e. The Bertz CT molecular complexity index is 540. The van der Waals surface area contributed by atoms with Gasteiger partial charge in [-0.05, 0) is 43.6 Å². The number of halogens is 1. The number of piperazine rings is 1. The zero-order valence-corrected chi connectivity index (χ0v) is 15.3. The fourth-order valence-corrected chi connectivity index (χ4v) is 3.96. The monoisotopic (exact) mass is 349 g/mol. The van der Waals surface area contributed by atoms with E-state index in [0.29, 0.717) is 5.91 Å². The van der Waals surface area contributed by atoms with E-state index in [1.54, 1.807) is 0 Å². The summed E-state index contributed by atoms with van der Waals surface area (Å²) in [6.07, 6.45) is 3.44. The van der Waals surface area contributed by atoms with Crippen LogP contribution in [-0.2, 0) is 11.3 Å². The fraction of sp³-hybridized carbons (Fsp3) is 0.632. The van der Waals surface area contributed by atoms with Gasteiger partial charge in [-0.1, -0.05) is 37.1 Å². The Labute approximate surface area is 150 Å². The highest BCUT2D eigenvalue weighted by Gasteiger charge is 2.32. The second kappa shape index (κ2) is 8.32. The molecule has 0 unspecified atom stereocenters. The van der Waals surface area contributed by atoms with E-state index in [4.69, 9.17) is 11.6 Å². The minimum absolute atomic E-state index is 0.117. The molecule has 0 spiro atoms. The molecule has 0 bridgehead atoms. The first-order chi connectivity index (χ1) is 11.7. The number of carbonyl (C=O) groups excluding carboxylic acids is 1. The average Bonchev–Trinajstić information content (AvgIpc) is 2.63. The Morgan fingerprint density at radius 1 is 1.08 bits per heavy atom. The SMILES string of the molecule is CCN1CCCC[C@H]1C(=O)N1CCN(Cc2ccc(Cl)cc2)CC1. The van der Waals surface area contributed by atoms with Gasteiger partial charge in [0.2, 0.25) is 5.91 Å². The first-order valence-electron chi connectivity index (χ1n) is 9.17. The number of nitrogens with zero attached hydrogens (tertiary/aromatic N) is 3. The Kier molecular flexibility index (Phi) is 6.14. The molecule has 4 nitrogen and oxygen atoms in total. The molecule has 1 aromatic carbocycles. The van der Waals surface area contributed by atoms with Crippen LogP contribution in [-0.4, -0.2) is 65.9 Å². The second-order valence-electron chi connectivity index (χ2n) is 6.87. The number of likely N-dealkylation sites (tertiary alicyclic amines) is 1. The van der Waals surface area contributed by atoms with E-state index in [-0.39, 0.29) is 6.04 Å². The van der Waals surface area contributed by atoms with E-state index in [1.807, 2.05) is 12.1 Å². The summed E-state index contributed by atoms with van der Waals surface area (Å²) in [6.45, 7) is 8.75. The van der Waals surface area contributed by atoms with Gasteiger partial charge in [-0.2, -0.15) is 0 Å². The van der Waals surface area contributed by atoms with Gasteiger partial charge in [-0.15, -0.1) is 0 Å². The summed E-state index contributed by atoms with van der Waals surface area (Å²) in [5.41, 5.74) is 1.28. The molecule has 0 aliphatic carbocycles. The van der Waals surface area contributed by atoms with Crippen LogP contribution in [0.15, 0.2) is 24.3 Å². The number of rotatable bonds is 4. The normalized spacial score (nSPS) is 23.4. The Morgan fingerprint density at radius 2 is 1.79 bits per heavy atom. The summed E-state index contributed by atoms with van der Waals surface area (Å²) in [5, 5.41) is 0.780. The number of hydrogen-bond acceptors (Lipinski definition) is 3. The van der Waals surface area contributed by atoms with E-state index >= 15 is 0 Å². The summed E-state index contributed by atoms with van der Waals surface area (Å²) in [4.78, 5) is 19.7. The summed E-state index contributed by atoms with van der Waals surface area (Å²) in [6, 6.07) is 8.17. The zero-order chi connectivity index (χ0) is 16.9.